The highest BCUT2D eigenvalue weighted by atomic mass is 16.3. The SMILES string of the molecule is CC1=C[C@@H](CO)[C@H](C(C)C)C[C@H]1CC(=O)NCCN(C)C. The highest BCUT2D eigenvalue weighted by molar-refractivity contribution is 5.76. The summed E-state index contributed by atoms with van der Waals surface area (Å²) in [4.78, 5) is 14.1. The maximum Gasteiger partial charge on any atom is 0.220 e. The Labute approximate surface area is 129 Å². The fraction of sp³-hybridized carbons (Fsp3) is 0.824. The summed E-state index contributed by atoms with van der Waals surface area (Å²) < 4.78 is 0. The number of hydrogen-bond donors (Lipinski definition) is 2. The van der Waals surface area contributed by atoms with E-state index in [0.717, 1.165) is 13.0 Å². The van der Waals surface area contributed by atoms with Gasteiger partial charge in [0, 0.05) is 32.0 Å². The van der Waals surface area contributed by atoms with Crippen LogP contribution in [0.5, 0.6) is 0 Å². The Morgan fingerprint density at radius 3 is 2.67 bits per heavy atom. The van der Waals surface area contributed by atoms with Crippen LogP contribution in [0.4, 0.5) is 0 Å². The second-order valence-corrected chi connectivity index (χ2v) is 6.95. The Bertz CT molecular complexity index is 364. The zero-order valence-corrected chi connectivity index (χ0v) is 14.2. The van der Waals surface area contributed by atoms with E-state index in [-0.39, 0.29) is 18.4 Å². The van der Waals surface area contributed by atoms with Gasteiger partial charge in [-0.15, -0.1) is 0 Å². The Kier molecular flexibility index (Phi) is 7.40. The van der Waals surface area contributed by atoms with Gasteiger partial charge in [0.25, 0.3) is 0 Å². The molecule has 2 N–H and O–H groups in total. The van der Waals surface area contributed by atoms with Crippen LogP contribution in [0.2, 0.25) is 0 Å². The van der Waals surface area contributed by atoms with Gasteiger partial charge >= 0.3 is 0 Å². The van der Waals surface area contributed by atoms with Crippen LogP contribution in [-0.2, 0) is 4.79 Å². The van der Waals surface area contributed by atoms with Crippen LogP contribution in [-0.4, -0.2) is 49.7 Å². The van der Waals surface area contributed by atoms with Crippen LogP contribution in [0, 0.1) is 23.7 Å². The van der Waals surface area contributed by atoms with Gasteiger partial charge in [0.1, 0.15) is 0 Å². The number of allylic oxidation sites excluding steroid dienone is 1. The van der Waals surface area contributed by atoms with E-state index >= 15 is 0 Å². The van der Waals surface area contributed by atoms with Crippen LogP contribution in [0.15, 0.2) is 11.6 Å². The molecule has 0 saturated heterocycles. The zero-order chi connectivity index (χ0) is 16.0. The largest absolute Gasteiger partial charge is 0.396 e. The predicted octanol–water partition coefficient (Wildman–Crippen LogP) is 1.90. The van der Waals surface area contributed by atoms with Gasteiger partial charge in [-0.25, -0.2) is 0 Å². The molecule has 1 rings (SSSR count). The van der Waals surface area contributed by atoms with Crippen molar-refractivity contribution in [2.75, 3.05) is 33.8 Å². The molecule has 0 radical (unpaired) electrons. The molecular formula is C17H32N2O2. The van der Waals surface area contributed by atoms with Gasteiger partial charge in [-0.3, -0.25) is 4.79 Å². The summed E-state index contributed by atoms with van der Waals surface area (Å²) in [5.41, 5.74) is 1.26. The van der Waals surface area contributed by atoms with Crippen molar-refractivity contribution >= 4 is 5.91 Å². The number of rotatable bonds is 7. The molecule has 122 valence electrons. The van der Waals surface area contributed by atoms with Crippen molar-refractivity contribution in [3.8, 4) is 0 Å². The van der Waals surface area contributed by atoms with Gasteiger partial charge in [0.15, 0.2) is 0 Å². The second-order valence-electron chi connectivity index (χ2n) is 6.95. The Morgan fingerprint density at radius 1 is 1.48 bits per heavy atom. The normalized spacial score (nSPS) is 26.1. The lowest BCUT2D eigenvalue weighted by Gasteiger charge is -2.36. The number of carbonyl (C=O) groups is 1. The minimum Gasteiger partial charge on any atom is -0.396 e. The number of hydrogen-bond acceptors (Lipinski definition) is 3. The molecule has 0 spiro atoms. The lowest BCUT2D eigenvalue weighted by atomic mass is 9.70. The second kappa shape index (κ2) is 8.54. The summed E-state index contributed by atoms with van der Waals surface area (Å²) in [6.07, 6.45) is 3.76. The number of aliphatic hydroxyl groups excluding tert-OH is 1. The maximum absolute atomic E-state index is 12.1. The molecule has 0 saturated carbocycles. The van der Waals surface area contributed by atoms with Gasteiger partial charge in [0.05, 0.1) is 0 Å². The molecule has 0 aliphatic heterocycles. The smallest absolute Gasteiger partial charge is 0.220 e. The molecule has 1 amide bonds. The van der Waals surface area contributed by atoms with E-state index in [9.17, 15) is 9.90 Å². The first kappa shape index (κ1) is 18.2. The van der Waals surface area contributed by atoms with Crippen LogP contribution in [0.25, 0.3) is 0 Å². The van der Waals surface area contributed by atoms with E-state index in [1.165, 1.54) is 5.57 Å². The van der Waals surface area contributed by atoms with Crippen molar-refractivity contribution in [2.24, 2.45) is 23.7 Å². The van der Waals surface area contributed by atoms with E-state index in [1.54, 1.807) is 0 Å². The van der Waals surface area contributed by atoms with E-state index in [0.29, 0.717) is 30.7 Å². The van der Waals surface area contributed by atoms with Gasteiger partial charge < -0.3 is 15.3 Å². The number of aliphatic hydroxyl groups is 1. The van der Waals surface area contributed by atoms with Crippen molar-refractivity contribution < 1.29 is 9.90 Å². The fourth-order valence-electron chi connectivity index (χ4n) is 3.20. The van der Waals surface area contributed by atoms with Crippen LogP contribution >= 0.6 is 0 Å². The van der Waals surface area contributed by atoms with Crippen LogP contribution in [0.3, 0.4) is 0 Å². The third kappa shape index (κ3) is 5.79. The van der Waals surface area contributed by atoms with Crippen LogP contribution < -0.4 is 5.32 Å². The first-order valence-corrected chi connectivity index (χ1v) is 8.05. The van der Waals surface area contributed by atoms with Gasteiger partial charge in [-0.2, -0.15) is 0 Å². The van der Waals surface area contributed by atoms with E-state index in [4.69, 9.17) is 0 Å². The molecule has 4 nitrogen and oxygen atoms in total. The molecule has 21 heavy (non-hydrogen) atoms. The molecule has 0 fully saturated rings. The number of likely N-dealkylation sites (N-methyl/N-ethyl adjacent to an activating group) is 1. The third-order valence-electron chi connectivity index (χ3n) is 4.61. The molecule has 0 aromatic heterocycles. The Hall–Kier alpha value is -0.870. The Balaban J connectivity index is 2.56. The summed E-state index contributed by atoms with van der Waals surface area (Å²) in [6, 6.07) is 0. The summed E-state index contributed by atoms with van der Waals surface area (Å²) >= 11 is 0. The highest BCUT2D eigenvalue weighted by Gasteiger charge is 2.31. The monoisotopic (exact) mass is 296 g/mol. The van der Waals surface area contributed by atoms with Crippen molar-refractivity contribution in [1.82, 2.24) is 10.2 Å². The zero-order valence-electron chi connectivity index (χ0n) is 14.2. The highest BCUT2D eigenvalue weighted by Crippen LogP contribution is 2.38. The van der Waals surface area contributed by atoms with Gasteiger partial charge in [-0.1, -0.05) is 25.5 Å². The van der Waals surface area contributed by atoms with Crippen molar-refractivity contribution in [2.45, 2.75) is 33.6 Å². The molecule has 3 atom stereocenters. The third-order valence-corrected chi connectivity index (χ3v) is 4.61. The number of carbonyl (C=O) groups excluding carboxylic acids is 1. The minimum absolute atomic E-state index is 0.138. The first-order chi connectivity index (χ1) is 9.85. The average molecular weight is 296 g/mol. The summed E-state index contributed by atoms with van der Waals surface area (Å²) in [5.74, 6) is 1.71. The van der Waals surface area contributed by atoms with Crippen molar-refractivity contribution in [1.29, 1.82) is 0 Å². The fourth-order valence-corrected chi connectivity index (χ4v) is 3.20. The van der Waals surface area contributed by atoms with Gasteiger partial charge in [0.2, 0.25) is 5.91 Å². The average Bonchev–Trinajstić information content (AvgIpc) is 2.39. The van der Waals surface area contributed by atoms with E-state index < -0.39 is 0 Å². The van der Waals surface area contributed by atoms with Crippen molar-refractivity contribution in [3.05, 3.63) is 11.6 Å². The molecule has 1 aliphatic carbocycles. The Morgan fingerprint density at radius 2 is 2.14 bits per heavy atom. The molecule has 0 bridgehead atoms. The topological polar surface area (TPSA) is 52.6 Å². The number of nitrogens with one attached hydrogen (secondary N) is 1. The molecule has 0 heterocycles. The van der Waals surface area contributed by atoms with Crippen molar-refractivity contribution in [3.63, 3.8) is 0 Å². The molecular weight excluding hydrogens is 264 g/mol. The quantitative estimate of drug-likeness (QED) is 0.706. The summed E-state index contributed by atoms with van der Waals surface area (Å²) in [5, 5.41) is 12.5. The lowest BCUT2D eigenvalue weighted by Crippen LogP contribution is -2.35. The molecule has 0 aromatic carbocycles. The molecule has 4 heteroatoms. The van der Waals surface area contributed by atoms with E-state index in [2.05, 4.69) is 37.1 Å². The maximum atomic E-state index is 12.1. The molecule has 1 aliphatic rings. The standard InChI is InChI=1S/C17H32N2O2/c1-12(2)16-9-14(13(3)8-15(16)11-20)10-17(21)18-6-7-19(4)5/h8,12,14-16,20H,6-7,9-11H2,1-5H3,(H,18,21)/t14-,15-,16-/m0/s1. The minimum atomic E-state index is 0.138. The molecule has 0 unspecified atom stereocenters. The lowest BCUT2D eigenvalue weighted by molar-refractivity contribution is -0.122. The molecule has 0 aromatic rings. The van der Waals surface area contributed by atoms with Gasteiger partial charge in [-0.05, 0) is 45.2 Å². The number of amides is 1. The summed E-state index contributed by atoms with van der Waals surface area (Å²) in [7, 11) is 4.00. The number of nitrogens with zero attached hydrogens (tertiary/aromatic N) is 1. The first-order valence-electron chi connectivity index (χ1n) is 8.05. The van der Waals surface area contributed by atoms with E-state index in [1.807, 2.05) is 14.1 Å². The van der Waals surface area contributed by atoms with Crippen LogP contribution in [0.1, 0.15) is 33.6 Å². The predicted molar refractivity (Wildman–Crippen MR) is 86.9 cm³/mol. The summed E-state index contributed by atoms with van der Waals surface area (Å²) in [6.45, 7) is 8.28.